The van der Waals surface area contributed by atoms with E-state index >= 15 is 0 Å². The molecule has 3 nitrogen and oxygen atoms in total. The Morgan fingerprint density at radius 3 is 2.30 bits per heavy atom. The van der Waals surface area contributed by atoms with E-state index in [1.54, 1.807) is 0 Å². The summed E-state index contributed by atoms with van der Waals surface area (Å²) in [6.07, 6.45) is 0. The molecule has 0 unspecified atom stereocenters. The molecule has 0 saturated heterocycles. The summed E-state index contributed by atoms with van der Waals surface area (Å²) in [5, 5.41) is 8.66. The molecule has 0 aromatic heterocycles. The Bertz CT molecular complexity index is 172. The fourth-order valence-corrected chi connectivity index (χ4v) is 0.734. The molecule has 0 aliphatic rings. The number of aliphatic hydroxyl groups excluding tert-OH is 1. The first kappa shape index (κ1) is 7.21. The lowest BCUT2D eigenvalue weighted by Crippen LogP contribution is -2.85. The van der Waals surface area contributed by atoms with Gasteiger partial charge in [0.2, 0.25) is 0 Å². The molecule has 1 aromatic carbocycles. The standard InChI is InChI=1S/C7H10N2O/c8-9-7-3-1-6(5-10)2-4-7/h1-4,9-10H,5,8H2/p+1. The highest BCUT2D eigenvalue weighted by Gasteiger charge is 1.92. The number of hydrogen-bond acceptors (Lipinski definition) is 2. The summed E-state index contributed by atoms with van der Waals surface area (Å²) in [6, 6.07) is 7.43. The van der Waals surface area contributed by atoms with Crippen molar-refractivity contribution >= 4 is 5.69 Å². The van der Waals surface area contributed by atoms with Crippen molar-refractivity contribution in [2.45, 2.75) is 6.61 Å². The van der Waals surface area contributed by atoms with Crippen LogP contribution in [0.3, 0.4) is 0 Å². The molecule has 0 saturated carbocycles. The van der Waals surface area contributed by atoms with Gasteiger partial charge in [-0.1, -0.05) is 12.1 Å². The highest BCUT2D eigenvalue weighted by Crippen LogP contribution is 2.02. The van der Waals surface area contributed by atoms with Crippen LogP contribution in [0.4, 0.5) is 5.69 Å². The van der Waals surface area contributed by atoms with Crippen molar-refractivity contribution in [1.82, 2.24) is 0 Å². The quantitative estimate of drug-likeness (QED) is 0.287. The number of nitrogens with two attached hydrogens (primary N) is 2. The molecule has 0 aliphatic heterocycles. The van der Waals surface area contributed by atoms with Crippen LogP contribution >= 0.6 is 0 Å². The number of aliphatic hydroxyl groups is 1. The van der Waals surface area contributed by atoms with E-state index in [9.17, 15) is 0 Å². The van der Waals surface area contributed by atoms with Crippen LogP contribution in [0.25, 0.3) is 0 Å². The molecule has 10 heavy (non-hydrogen) atoms. The van der Waals surface area contributed by atoms with Gasteiger partial charge in [0.05, 0.1) is 6.61 Å². The maximum atomic E-state index is 8.66. The van der Waals surface area contributed by atoms with Crippen molar-refractivity contribution in [1.29, 1.82) is 0 Å². The Balaban J connectivity index is 2.80. The van der Waals surface area contributed by atoms with Crippen molar-refractivity contribution in [3.8, 4) is 0 Å². The highest BCUT2D eigenvalue weighted by atomic mass is 16.3. The molecule has 0 atom stereocenters. The smallest absolute Gasteiger partial charge is 0.148 e. The zero-order valence-electron chi connectivity index (χ0n) is 5.62. The van der Waals surface area contributed by atoms with E-state index in [0.29, 0.717) is 0 Å². The van der Waals surface area contributed by atoms with Crippen molar-refractivity contribution in [3.05, 3.63) is 29.8 Å². The molecule has 0 aliphatic carbocycles. The van der Waals surface area contributed by atoms with E-state index in [-0.39, 0.29) is 6.61 Å². The molecule has 5 N–H and O–H groups in total. The average molecular weight is 139 g/mol. The maximum absolute atomic E-state index is 8.66. The molecule has 1 rings (SSSR count). The average Bonchev–Trinajstić information content (AvgIpc) is 2.05. The molecular formula is C7H11N2O+. The number of rotatable bonds is 2. The molecular weight excluding hydrogens is 128 g/mol. The molecule has 0 fully saturated rings. The van der Waals surface area contributed by atoms with E-state index in [0.717, 1.165) is 11.3 Å². The van der Waals surface area contributed by atoms with Crippen molar-refractivity contribution < 1.29 is 10.5 Å². The third kappa shape index (κ3) is 1.54. The number of hydrogen-bond donors (Lipinski definition) is 3. The van der Waals surface area contributed by atoms with E-state index in [2.05, 4.69) is 0 Å². The zero-order chi connectivity index (χ0) is 7.40. The van der Waals surface area contributed by atoms with Gasteiger partial charge in [0.15, 0.2) is 0 Å². The van der Waals surface area contributed by atoms with E-state index in [4.69, 9.17) is 10.9 Å². The minimum atomic E-state index is 0.0881. The van der Waals surface area contributed by atoms with E-state index in [1.165, 1.54) is 5.43 Å². The predicted molar refractivity (Wildman–Crippen MR) is 38.1 cm³/mol. The summed E-state index contributed by atoms with van der Waals surface area (Å²) >= 11 is 0. The van der Waals surface area contributed by atoms with Crippen molar-refractivity contribution in [2.75, 3.05) is 0 Å². The Morgan fingerprint density at radius 1 is 1.30 bits per heavy atom. The van der Waals surface area contributed by atoms with Crippen LogP contribution in [0, 0.1) is 0 Å². The predicted octanol–water partition coefficient (Wildman–Crippen LogP) is -0.752. The van der Waals surface area contributed by atoms with E-state index in [1.807, 2.05) is 24.3 Å². The summed E-state index contributed by atoms with van der Waals surface area (Å²) in [6.45, 7) is 0.0881. The van der Waals surface area contributed by atoms with Gasteiger partial charge in [-0.3, -0.25) is 0 Å². The topological polar surface area (TPSA) is 62.9 Å². The van der Waals surface area contributed by atoms with Gasteiger partial charge in [-0.2, -0.15) is 5.84 Å². The van der Waals surface area contributed by atoms with Crippen LogP contribution in [0.15, 0.2) is 24.3 Å². The second-order valence-corrected chi connectivity index (χ2v) is 2.07. The number of benzene rings is 1. The molecule has 3 heteroatoms. The van der Waals surface area contributed by atoms with Crippen LogP contribution in [0.5, 0.6) is 0 Å². The van der Waals surface area contributed by atoms with Crippen LogP contribution in [-0.2, 0) is 6.61 Å². The van der Waals surface area contributed by atoms with Crippen LogP contribution in [0.2, 0.25) is 0 Å². The molecule has 0 amide bonds. The van der Waals surface area contributed by atoms with Gasteiger partial charge in [0.1, 0.15) is 5.69 Å². The summed E-state index contributed by atoms with van der Waals surface area (Å²) in [7, 11) is 0. The second kappa shape index (κ2) is 3.31. The Labute approximate surface area is 59.5 Å². The van der Waals surface area contributed by atoms with Crippen LogP contribution in [0.1, 0.15) is 5.56 Å². The molecule has 0 radical (unpaired) electrons. The lowest BCUT2D eigenvalue weighted by Gasteiger charge is -1.95. The maximum Gasteiger partial charge on any atom is 0.148 e. The summed E-state index contributed by atoms with van der Waals surface area (Å²) in [4.78, 5) is 0. The monoisotopic (exact) mass is 139 g/mol. The molecule has 1 aromatic rings. The minimum absolute atomic E-state index is 0.0881. The first-order valence-corrected chi connectivity index (χ1v) is 3.11. The van der Waals surface area contributed by atoms with Crippen LogP contribution < -0.4 is 11.3 Å². The molecule has 0 bridgehead atoms. The van der Waals surface area contributed by atoms with Gasteiger partial charge in [-0.05, 0) is 5.56 Å². The van der Waals surface area contributed by atoms with Crippen LogP contribution in [-0.4, -0.2) is 5.11 Å². The van der Waals surface area contributed by atoms with E-state index < -0.39 is 0 Å². The first-order valence-electron chi connectivity index (χ1n) is 3.11. The van der Waals surface area contributed by atoms with Gasteiger partial charge in [0, 0.05) is 12.1 Å². The van der Waals surface area contributed by atoms with Gasteiger partial charge in [-0.15, -0.1) is 0 Å². The first-order chi connectivity index (χ1) is 4.86. The third-order valence-electron chi connectivity index (χ3n) is 1.35. The highest BCUT2D eigenvalue weighted by molar-refractivity contribution is 5.31. The Morgan fingerprint density at radius 2 is 1.90 bits per heavy atom. The molecule has 54 valence electrons. The Kier molecular flexibility index (Phi) is 2.39. The number of quaternary nitrogens is 1. The summed E-state index contributed by atoms with van der Waals surface area (Å²) in [5.41, 5.74) is 3.41. The second-order valence-electron chi connectivity index (χ2n) is 2.07. The zero-order valence-corrected chi connectivity index (χ0v) is 5.62. The van der Waals surface area contributed by atoms with Crippen molar-refractivity contribution in [3.63, 3.8) is 0 Å². The lowest BCUT2D eigenvalue weighted by atomic mass is 10.2. The summed E-state index contributed by atoms with van der Waals surface area (Å²) in [5.74, 6) is 5.25. The van der Waals surface area contributed by atoms with Gasteiger partial charge in [0.25, 0.3) is 0 Å². The molecule has 0 heterocycles. The fourth-order valence-electron chi connectivity index (χ4n) is 0.734. The summed E-state index contributed by atoms with van der Waals surface area (Å²) < 4.78 is 0. The van der Waals surface area contributed by atoms with Crippen molar-refractivity contribution in [2.24, 2.45) is 5.84 Å². The normalized spacial score (nSPS) is 9.80. The third-order valence-corrected chi connectivity index (χ3v) is 1.35. The Hall–Kier alpha value is -0.900. The van der Waals surface area contributed by atoms with Gasteiger partial charge in [-0.25, -0.2) is 5.43 Å². The molecule has 0 spiro atoms. The lowest BCUT2D eigenvalue weighted by molar-refractivity contribution is -0.584. The fraction of sp³-hybridized carbons (Fsp3) is 0.143. The minimum Gasteiger partial charge on any atom is -0.392 e. The SMILES string of the molecule is N[NH2+]c1ccc(CO)cc1. The van der Waals surface area contributed by atoms with Gasteiger partial charge < -0.3 is 5.11 Å². The largest absolute Gasteiger partial charge is 0.392 e. The van der Waals surface area contributed by atoms with Gasteiger partial charge >= 0.3 is 0 Å².